The average Bonchev–Trinajstić information content (AvgIpc) is 1.84. The molecule has 0 aliphatic heterocycles. The van der Waals surface area contributed by atoms with Gasteiger partial charge in [0.05, 0.1) is 6.17 Å². The molecule has 3 N–H and O–H groups in total. The fraction of sp³-hybridized carbons (Fsp3) is 0.200. The highest BCUT2D eigenvalue weighted by atomic mass is 32.1. The number of rotatable bonds is 3. The Morgan fingerprint density at radius 1 is 1.88 bits per heavy atom. The van der Waals surface area contributed by atoms with E-state index in [-0.39, 0.29) is 6.17 Å². The summed E-state index contributed by atoms with van der Waals surface area (Å²) in [5, 5.41) is 0. The molecule has 0 aromatic heterocycles. The van der Waals surface area contributed by atoms with Gasteiger partial charge in [0.25, 0.3) is 0 Å². The van der Waals surface area contributed by atoms with E-state index in [0.717, 1.165) is 5.57 Å². The van der Waals surface area contributed by atoms with Gasteiger partial charge in [-0.25, -0.2) is 4.72 Å². The van der Waals surface area contributed by atoms with E-state index < -0.39 is 0 Å². The van der Waals surface area contributed by atoms with Gasteiger partial charge in [-0.2, -0.15) is 0 Å². The van der Waals surface area contributed by atoms with Crippen molar-refractivity contribution in [3.8, 4) is 0 Å². The van der Waals surface area contributed by atoms with Crippen LogP contribution in [0.25, 0.3) is 0 Å². The molecule has 0 aromatic carbocycles. The molecule has 0 bridgehead atoms. The van der Waals surface area contributed by atoms with Crippen LogP contribution in [0.2, 0.25) is 0 Å². The summed E-state index contributed by atoms with van der Waals surface area (Å²) in [4.78, 5) is 0. The molecule has 0 amide bonds. The minimum absolute atomic E-state index is 0.282. The van der Waals surface area contributed by atoms with Crippen LogP contribution in [0.15, 0.2) is 24.8 Å². The van der Waals surface area contributed by atoms with Gasteiger partial charge in [-0.3, -0.25) is 0 Å². The van der Waals surface area contributed by atoms with Crippen LogP contribution in [0.4, 0.5) is 0 Å². The van der Waals surface area contributed by atoms with Gasteiger partial charge in [0, 0.05) is 0 Å². The van der Waals surface area contributed by atoms with E-state index >= 15 is 0 Å². The number of hydrogen-bond acceptors (Lipinski definition) is 3. The van der Waals surface area contributed by atoms with Gasteiger partial charge in [-0.1, -0.05) is 32.0 Å². The summed E-state index contributed by atoms with van der Waals surface area (Å²) in [6.45, 7) is 7.07. The topological polar surface area (TPSA) is 38.0 Å². The van der Waals surface area contributed by atoms with Crippen molar-refractivity contribution in [2.45, 2.75) is 6.17 Å². The molecule has 2 nitrogen and oxygen atoms in total. The second kappa shape index (κ2) is 3.72. The molecule has 8 heavy (non-hydrogen) atoms. The van der Waals surface area contributed by atoms with Gasteiger partial charge in [-0.15, -0.1) is 0 Å². The Balaban J connectivity index is 3.62. The molecule has 0 radical (unpaired) electrons. The molecule has 46 valence electrons. The first-order chi connectivity index (χ1) is 3.72. The minimum atomic E-state index is -0.282. The van der Waals surface area contributed by atoms with Gasteiger partial charge in [0.2, 0.25) is 0 Å². The van der Waals surface area contributed by atoms with E-state index in [1.165, 1.54) is 0 Å². The second-order valence-corrected chi connectivity index (χ2v) is 1.64. The summed E-state index contributed by atoms with van der Waals surface area (Å²) in [6, 6.07) is 0. The second-order valence-electron chi connectivity index (χ2n) is 1.39. The van der Waals surface area contributed by atoms with Gasteiger partial charge < -0.3 is 5.73 Å². The van der Waals surface area contributed by atoms with Crippen molar-refractivity contribution in [2.75, 3.05) is 0 Å². The smallest absolute Gasteiger partial charge is 0.0893 e. The van der Waals surface area contributed by atoms with E-state index in [1.807, 2.05) is 0 Å². The number of thiol groups is 1. The molecular formula is C5H10N2S. The van der Waals surface area contributed by atoms with Crippen LogP contribution in [0.3, 0.4) is 0 Å². The molecular weight excluding hydrogens is 120 g/mol. The molecule has 0 aromatic rings. The number of nitrogens with one attached hydrogen (secondary N) is 1. The van der Waals surface area contributed by atoms with Crippen molar-refractivity contribution in [1.82, 2.24) is 4.72 Å². The third-order valence-corrected chi connectivity index (χ3v) is 1.08. The molecule has 0 spiro atoms. The monoisotopic (exact) mass is 130 g/mol. The maximum atomic E-state index is 5.37. The van der Waals surface area contributed by atoms with E-state index in [1.54, 1.807) is 6.08 Å². The Labute approximate surface area is 55.0 Å². The van der Waals surface area contributed by atoms with E-state index in [2.05, 4.69) is 30.7 Å². The maximum Gasteiger partial charge on any atom is 0.0893 e. The third-order valence-electron chi connectivity index (χ3n) is 0.801. The highest BCUT2D eigenvalue weighted by Crippen LogP contribution is 1.92. The summed E-state index contributed by atoms with van der Waals surface area (Å²) >= 11 is 3.73. The molecule has 0 aliphatic carbocycles. The molecule has 0 saturated carbocycles. The predicted octanol–water partition coefficient (Wildman–Crippen LogP) is 0.448. The van der Waals surface area contributed by atoms with Crippen molar-refractivity contribution < 1.29 is 0 Å². The summed E-state index contributed by atoms with van der Waals surface area (Å²) < 4.78 is 2.52. The summed E-state index contributed by atoms with van der Waals surface area (Å²) in [6.07, 6.45) is 1.31. The molecule has 0 saturated heterocycles. The zero-order valence-corrected chi connectivity index (χ0v) is 5.49. The van der Waals surface area contributed by atoms with Gasteiger partial charge >= 0.3 is 0 Å². The van der Waals surface area contributed by atoms with Crippen molar-refractivity contribution >= 4 is 12.8 Å². The molecule has 1 atom stereocenters. The Morgan fingerprint density at radius 3 is 2.50 bits per heavy atom. The summed E-state index contributed by atoms with van der Waals surface area (Å²) in [7, 11) is 0. The van der Waals surface area contributed by atoms with Gasteiger partial charge in [0.1, 0.15) is 0 Å². The fourth-order valence-electron chi connectivity index (χ4n) is 0.210. The lowest BCUT2D eigenvalue weighted by Gasteiger charge is -2.06. The lowest BCUT2D eigenvalue weighted by Crippen LogP contribution is -2.31. The van der Waals surface area contributed by atoms with E-state index in [0.29, 0.717) is 0 Å². The first kappa shape index (κ1) is 7.75. The quantitative estimate of drug-likeness (QED) is 0.295. The average molecular weight is 130 g/mol. The largest absolute Gasteiger partial charge is 0.311 e. The van der Waals surface area contributed by atoms with Crippen LogP contribution >= 0.6 is 12.8 Å². The highest BCUT2D eigenvalue weighted by molar-refractivity contribution is 7.78. The van der Waals surface area contributed by atoms with E-state index in [4.69, 9.17) is 5.73 Å². The SMILES string of the molecule is C=CC(=C)C(N)NS. The molecule has 0 rings (SSSR count). The summed E-state index contributed by atoms with van der Waals surface area (Å²) in [5.41, 5.74) is 6.10. The lowest BCUT2D eigenvalue weighted by molar-refractivity contribution is 0.785. The predicted molar refractivity (Wildman–Crippen MR) is 39.4 cm³/mol. The Bertz CT molecular complexity index is 101. The van der Waals surface area contributed by atoms with Crippen LogP contribution in [-0.4, -0.2) is 6.17 Å². The van der Waals surface area contributed by atoms with Crippen LogP contribution in [0.1, 0.15) is 0 Å². The first-order valence-corrected chi connectivity index (χ1v) is 2.63. The van der Waals surface area contributed by atoms with Crippen LogP contribution < -0.4 is 10.5 Å². The maximum absolute atomic E-state index is 5.37. The Kier molecular flexibility index (Phi) is 3.60. The zero-order chi connectivity index (χ0) is 6.57. The van der Waals surface area contributed by atoms with E-state index in [9.17, 15) is 0 Å². The first-order valence-electron chi connectivity index (χ1n) is 2.18. The van der Waals surface area contributed by atoms with Crippen LogP contribution in [0, 0.1) is 0 Å². The molecule has 1 unspecified atom stereocenters. The Morgan fingerprint density at radius 2 is 2.38 bits per heavy atom. The Hall–Kier alpha value is -0.250. The van der Waals surface area contributed by atoms with Gasteiger partial charge in [0.15, 0.2) is 0 Å². The van der Waals surface area contributed by atoms with Gasteiger partial charge in [-0.05, 0) is 5.57 Å². The molecule has 0 aliphatic rings. The highest BCUT2D eigenvalue weighted by Gasteiger charge is 1.96. The molecule has 3 heteroatoms. The van der Waals surface area contributed by atoms with Crippen molar-refractivity contribution in [3.63, 3.8) is 0 Å². The van der Waals surface area contributed by atoms with Crippen LogP contribution in [-0.2, 0) is 0 Å². The van der Waals surface area contributed by atoms with Crippen molar-refractivity contribution in [2.24, 2.45) is 5.73 Å². The normalized spacial score (nSPS) is 12.8. The molecule has 0 fully saturated rings. The lowest BCUT2D eigenvalue weighted by atomic mass is 10.2. The van der Waals surface area contributed by atoms with Crippen molar-refractivity contribution in [1.29, 1.82) is 0 Å². The number of hydrogen-bond donors (Lipinski definition) is 3. The minimum Gasteiger partial charge on any atom is -0.311 e. The summed E-state index contributed by atoms with van der Waals surface area (Å²) in [5.74, 6) is 0. The number of nitrogens with two attached hydrogens (primary N) is 1. The standard InChI is InChI=1S/C5H10N2S/c1-3-4(2)5(6)7-8/h3,5,7-8H,1-2,6H2. The van der Waals surface area contributed by atoms with Crippen molar-refractivity contribution in [3.05, 3.63) is 24.8 Å². The fourth-order valence-corrected chi connectivity index (χ4v) is 0.376. The van der Waals surface area contributed by atoms with Crippen LogP contribution in [0.5, 0.6) is 0 Å². The molecule has 0 heterocycles. The third kappa shape index (κ3) is 2.16. The zero-order valence-electron chi connectivity index (χ0n) is 4.59.